The van der Waals surface area contributed by atoms with Gasteiger partial charge in [0.1, 0.15) is 5.82 Å². The molecule has 0 aliphatic carbocycles. The molecule has 3 rings (SSSR count). The van der Waals surface area contributed by atoms with Crippen LogP contribution < -0.4 is 15.5 Å². The van der Waals surface area contributed by atoms with E-state index in [1.165, 1.54) is 24.3 Å². The molecule has 0 saturated carbocycles. The molecular weight excluding hydrogens is 379 g/mol. The Morgan fingerprint density at radius 3 is 3.11 bits per heavy atom. The number of hydrogen-bond donors (Lipinski definition) is 3. The predicted molar refractivity (Wildman–Crippen MR) is 96.4 cm³/mol. The summed E-state index contributed by atoms with van der Waals surface area (Å²) in [6.45, 7) is 2.80. The molecule has 0 bridgehead atoms. The van der Waals surface area contributed by atoms with Gasteiger partial charge in [0.15, 0.2) is 5.84 Å². The zero-order valence-corrected chi connectivity index (χ0v) is 15.2. The van der Waals surface area contributed by atoms with E-state index >= 15 is 0 Å². The van der Waals surface area contributed by atoms with Crippen LogP contribution in [0, 0.1) is 5.82 Å². The van der Waals surface area contributed by atoms with Gasteiger partial charge in [0.05, 0.1) is 36.6 Å². The maximum atomic E-state index is 13.2. The van der Waals surface area contributed by atoms with Crippen LogP contribution in [-0.4, -0.2) is 48.6 Å². The number of hydroxylamine groups is 1. The van der Waals surface area contributed by atoms with E-state index in [-0.39, 0.29) is 22.5 Å². The minimum absolute atomic E-state index is 0.0106. The van der Waals surface area contributed by atoms with E-state index < -0.39 is 5.82 Å². The summed E-state index contributed by atoms with van der Waals surface area (Å²) >= 11 is 5.72. The lowest BCUT2D eigenvalue weighted by molar-refractivity contribution is 0.0720. The number of aromatic nitrogens is 1. The zero-order chi connectivity index (χ0) is 19.1. The summed E-state index contributed by atoms with van der Waals surface area (Å²) in [7, 11) is 0. The van der Waals surface area contributed by atoms with E-state index in [9.17, 15) is 9.60 Å². The average Bonchev–Trinajstić information content (AvgIpc) is 3.15. The van der Waals surface area contributed by atoms with Crippen LogP contribution in [0.3, 0.4) is 0 Å². The highest BCUT2D eigenvalue weighted by atomic mass is 35.5. The largest absolute Gasteiger partial charge is 0.475 e. The SMILES string of the molecule is ONC(=Nc1ccc(F)c(Cl)c1)c1cc(OCCCC2COCCN2)no1. The molecule has 0 radical (unpaired) electrons. The third-order valence-corrected chi connectivity index (χ3v) is 4.21. The van der Waals surface area contributed by atoms with Gasteiger partial charge in [-0.15, -0.1) is 0 Å². The Labute approximate surface area is 160 Å². The van der Waals surface area contributed by atoms with Gasteiger partial charge in [0, 0.05) is 12.6 Å². The van der Waals surface area contributed by atoms with E-state index in [4.69, 9.17) is 25.6 Å². The van der Waals surface area contributed by atoms with Crippen LogP contribution in [0.5, 0.6) is 5.88 Å². The average molecular weight is 399 g/mol. The number of ether oxygens (including phenoxy) is 2. The third kappa shape index (κ3) is 5.64. The molecule has 0 spiro atoms. The highest BCUT2D eigenvalue weighted by molar-refractivity contribution is 6.31. The second kappa shape index (κ2) is 9.65. The molecule has 27 heavy (non-hydrogen) atoms. The highest BCUT2D eigenvalue weighted by Gasteiger charge is 2.14. The Balaban J connectivity index is 1.54. The quantitative estimate of drug-likeness (QED) is 0.285. The molecule has 1 aliphatic heterocycles. The molecular formula is C17H20ClFN4O4. The van der Waals surface area contributed by atoms with Crippen LogP contribution in [0.15, 0.2) is 33.8 Å². The molecule has 1 aromatic carbocycles. The Kier molecular flexibility index (Phi) is 6.99. The summed E-state index contributed by atoms with van der Waals surface area (Å²) in [6, 6.07) is 5.75. The molecule has 2 heterocycles. The molecule has 1 aromatic heterocycles. The van der Waals surface area contributed by atoms with Gasteiger partial charge in [0.25, 0.3) is 5.88 Å². The Bertz CT molecular complexity index is 780. The lowest BCUT2D eigenvalue weighted by atomic mass is 10.1. The van der Waals surface area contributed by atoms with Crippen molar-refractivity contribution in [1.29, 1.82) is 0 Å². The van der Waals surface area contributed by atoms with E-state index in [1.807, 2.05) is 5.48 Å². The van der Waals surface area contributed by atoms with Crippen molar-refractivity contribution < 1.29 is 23.6 Å². The van der Waals surface area contributed by atoms with Crippen molar-refractivity contribution in [1.82, 2.24) is 16.0 Å². The van der Waals surface area contributed by atoms with Gasteiger partial charge in [-0.2, -0.15) is 0 Å². The Morgan fingerprint density at radius 1 is 1.48 bits per heavy atom. The second-order valence-corrected chi connectivity index (χ2v) is 6.32. The number of halogens is 2. The van der Waals surface area contributed by atoms with Crippen LogP contribution in [0.1, 0.15) is 18.6 Å². The summed E-state index contributed by atoms with van der Waals surface area (Å²) in [4.78, 5) is 4.11. The van der Waals surface area contributed by atoms with Crippen molar-refractivity contribution in [2.24, 2.45) is 4.99 Å². The molecule has 1 saturated heterocycles. The number of amidine groups is 1. The van der Waals surface area contributed by atoms with Crippen molar-refractivity contribution in [2.75, 3.05) is 26.4 Å². The molecule has 8 nitrogen and oxygen atoms in total. The van der Waals surface area contributed by atoms with Gasteiger partial charge in [-0.1, -0.05) is 11.6 Å². The van der Waals surface area contributed by atoms with E-state index in [2.05, 4.69) is 15.5 Å². The summed E-state index contributed by atoms with van der Waals surface area (Å²) in [6.07, 6.45) is 1.76. The fourth-order valence-electron chi connectivity index (χ4n) is 2.57. The minimum atomic E-state index is -0.556. The number of benzene rings is 1. The Morgan fingerprint density at radius 2 is 2.37 bits per heavy atom. The Hall–Kier alpha value is -2.20. The smallest absolute Gasteiger partial charge is 0.254 e. The number of hydrogen-bond acceptors (Lipinski definition) is 7. The molecule has 1 fully saturated rings. The monoisotopic (exact) mass is 398 g/mol. The van der Waals surface area contributed by atoms with Crippen LogP contribution in [0.2, 0.25) is 5.02 Å². The third-order valence-electron chi connectivity index (χ3n) is 3.92. The predicted octanol–water partition coefficient (Wildman–Crippen LogP) is 2.67. The van der Waals surface area contributed by atoms with Crippen LogP contribution in [-0.2, 0) is 4.74 Å². The molecule has 2 aromatic rings. The van der Waals surface area contributed by atoms with E-state index in [0.29, 0.717) is 24.9 Å². The molecule has 10 heteroatoms. The second-order valence-electron chi connectivity index (χ2n) is 5.92. The molecule has 1 atom stereocenters. The summed E-state index contributed by atoms with van der Waals surface area (Å²) < 4.78 is 29.3. The fourth-order valence-corrected chi connectivity index (χ4v) is 2.74. The van der Waals surface area contributed by atoms with Crippen molar-refractivity contribution in [3.63, 3.8) is 0 Å². The zero-order valence-electron chi connectivity index (χ0n) is 14.5. The molecule has 146 valence electrons. The minimum Gasteiger partial charge on any atom is -0.475 e. The van der Waals surface area contributed by atoms with Gasteiger partial charge in [-0.3, -0.25) is 5.21 Å². The van der Waals surface area contributed by atoms with Gasteiger partial charge < -0.3 is 19.3 Å². The normalized spacial score (nSPS) is 17.7. The van der Waals surface area contributed by atoms with Crippen LogP contribution in [0.25, 0.3) is 0 Å². The van der Waals surface area contributed by atoms with Gasteiger partial charge in [0.2, 0.25) is 5.76 Å². The molecule has 0 amide bonds. The molecule has 1 aliphatic rings. The first-order valence-electron chi connectivity index (χ1n) is 8.50. The summed E-state index contributed by atoms with van der Waals surface area (Å²) in [5.41, 5.74) is 2.26. The van der Waals surface area contributed by atoms with Gasteiger partial charge >= 0.3 is 0 Å². The maximum absolute atomic E-state index is 13.2. The lowest BCUT2D eigenvalue weighted by Gasteiger charge is -2.23. The first-order valence-corrected chi connectivity index (χ1v) is 8.88. The number of aliphatic imine (C=N–C) groups is 1. The summed E-state index contributed by atoms with van der Waals surface area (Å²) in [5, 5.41) is 16.4. The molecule has 1 unspecified atom stereocenters. The number of rotatable bonds is 7. The number of nitrogens with zero attached hydrogens (tertiary/aromatic N) is 2. The molecule has 3 N–H and O–H groups in total. The van der Waals surface area contributed by atoms with Crippen LogP contribution >= 0.6 is 11.6 Å². The lowest BCUT2D eigenvalue weighted by Crippen LogP contribution is -2.41. The number of nitrogens with one attached hydrogen (secondary N) is 2. The van der Waals surface area contributed by atoms with Crippen molar-refractivity contribution in [3.05, 3.63) is 40.9 Å². The van der Waals surface area contributed by atoms with Crippen molar-refractivity contribution >= 4 is 23.1 Å². The van der Waals surface area contributed by atoms with Gasteiger partial charge in [-0.25, -0.2) is 14.9 Å². The van der Waals surface area contributed by atoms with Crippen LogP contribution in [0.4, 0.5) is 10.1 Å². The first-order chi connectivity index (χ1) is 13.2. The maximum Gasteiger partial charge on any atom is 0.254 e. The fraction of sp³-hybridized carbons (Fsp3) is 0.412. The number of morpholine rings is 1. The summed E-state index contributed by atoms with van der Waals surface area (Å²) in [5.74, 6) is -0.128. The van der Waals surface area contributed by atoms with Crippen molar-refractivity contribution in [3.8, 4) is 5.88 Å². The van der Waals surface area contributed by atoms with E-state index in [0.717, 1.165) is 26.0 Å². The van der Waals surface area contributed by atoms with E-state index in [1.54, 1.807) is 0 Å². The van der Waals surface area contributed by atoms with Crippen molar-refractivity contribution in [2.45, 2.75) is 18.9 Å². The highest BCUT2D eigenvalue weighted by Crippen LogP contribution is 2.22. The van der Waals surface area contributed by atoms with Gasteiger partial charge in [-0.05, 0) is 36.2 Å². The standard InChI is InChI=1S/C17H20ClFN4O4/c18-13-8-11(3-4-14(13)19)21-17(22-24)15-9-16(23-27-15)26-6-1-2-12-10-25-7-5-20-12/h3-4,8-9,12,20,24H,1-2,5-7,10H2,(H,21,22). The topological polar surface area (TPSA) is 101 Å². The first kappa shape index (κ1) is 19.6.